The van der Waals surface area contributed by atoms with Crippen LogP contribution in [0.15, 0.2) is 91.3 Å². The van der Waals surface area contributed by atoms with Crippen LogP contribution in [0.4, 0.5) is 5.82 Å². The molecule has 0 radical (unpaired) electrons. The molecule has 3 aliphatic heterocycles. The molecule has 2 fully saturated rings. The number of carbonyl (C=O) groups is 5. The van der Waals surface area contributed by atoms with E-state index in [2.05, 4.69) is 15.3 Å². The third-order valence-electron chi connectivity index (χ3n) is 11.8. The van der Waals surface area contributed by atoms with E-state index in [0.717, 1.165) is 29.1 Å². The molecular formula is C49H54N8O10. The Kier molecular flexibility index (Phi) is 15.7. The Balaban J connectivity index is 0.674. The van der Waals surface area contributed by atoms with Gasteiger partial charge in [0.05, 0.1) is 68.8 Å². The second-order valence-corrected chi connectivity index (χ2v) is 16.3. The lowest BCUT2D eigenvalue weighted by Gasteiger charge is -2.32. The van der Waals surface area contributed by atoms with E-state index in [-0.39, 0.29) is 30.4 Å². The van der Waals surface area contributed by atoms with Crippen molar-refractivity contribution in [3.05, 3.63) is 108 Å². The highest BCUT2D eigenvalue weighted by molar-refractivity contribution is 6.24. The molecule has 0 bridgehead atoms. The molecule has 0 aliphatic carbocycles. The largest absolute Gasteiger partial charge is 0.457 e. The average Bonchev–Trinajstić information content (AvgIpc) is 3.86. The van der Waals surface area contributed by atoms with Gasteiger partial charge in [-0.25, -0.2) is 14.6 Å². The van der Waals surface area contributed by atoms with Crippen molar-refractivity contribution >= 4 is 46.4 Å². The SMILES string of the molecule is Nc1ncnc2c1c(-c1ccc(Oc3ccccc3)cc1)nn2C1CCCN(C(=O)/C=C/CCOCCOCCOCCOCCCc2cccc3c2C(=O)N(C2CCC(=O)NC2=O)C3=O)C1. The van der Waals surface area contributed by atoms with Gasteiger partial charge >= 0.3 is 0 Å². The number of rotatable bonds is 22. The van der Waals surface area contributed by atoms with E-state index in [1.807, 2.05) is 70.3 Å². The number of nitrogens with one attached hydrogen (secondary N) is 1. The van der Waals surface area contributed by atoms with Crippen LogP contribution in [0.1, 0.15) is 70.8 Å². The fourth-order valence-electron chi connectivity index (χ4n) is 8.47. The minimum Gasteiger partial charge on any atom is -0.457 e. The molecule has 18 nitrogen and oxygen atoms in total. The van der Waals surface area contributed by atoms with Crippen molar-refractivity contribution in [2.45, 2.75) is 57.0 Å². The molecule has 3 N–H and O–H groups in total. The third-order valence-corrected chi connectivity index (χ3v) is 11.8. The first kappa shape index (κ1) is 46.7. The lowest BCUT2D eigenvalue weighted by molar-refractivity contribution is -0.136. The molecule has 3 aromatic carbocycles. The number of para-hydroxylation sites is 1. The summed E-state index contributed by atoms with van der Waals surface area (Å²) in [6.45, 7) is 4.44. The number of likely N-dealkylation sites (tertiary alicyclic amines) is 1. The summed E-state index contributed by atoms with van der Waals surface area (Å²) in [7, 11) is 0. The number of nitrogen functional groups attached to an aromatic ring is 1. The van der Waals surface area contributed by atoms with E-state index in [0.29, 0.717) is 125 Å². The smallest absolute Gasteiger partial charge is 0.262 e. The molecule has 2 saturated heterocycles. The molecule has 3 aliphatic rings. The Morgan fingerprint density at radius 2 is 1.51 bits per heavy atom. The molecule has 2 unspecified atom stereocenters. The zero-order valence-corrected chi connectivity index (χ0v) is 37.2. The highest BCUT2D eigenvalue weighted by Gasteiger charge is 2.45. The fraction of sp³-hybridized carbons (Fsp3) is 0.388. The monoisotopic (exact) mass is 914 g/mol. The number of piperidine rings is 2. The number of benzene rings is 3. The molecule has 5 heterocycles. The van der Waals surface area contributed by atoms with Crippen LogP contribution in [-0.2, 0) is 39.8 Å². The van der Waals surface area contributed by atoms with Gasteiger partial charge in [0.2, 0.25) is 17.7 Å². The molecule has 2 aromatic heterocycles. The molecule has 350 valence electrons. The summed E-state index contributed by atoms with van der Waals surface area (Å²) in [5.41, 5.74) is 9.84. The first-order chi connectivity index (χ1) is 32.8. The maximum Gasteiger partial charge on any atom is 0.262 e. The van der Waals surface area contributed by atoms with Crippen molar-refractivity contribution in [1.29, 1.82) is 0 Å². The Bertz CT molecular complexity index is 2580. The second-order valence-electron chi connectivity index (χ2n) is 16.3. The van der Waals surface area contributed by atoms with Gasteiger partial charge in [-0.3, -0.25) is 34.2 Å². The Morgan fingerprint density at radius 3 is 2.25 bits per heavy atom. The van der Waals surface area contributed by atoms with Crippen LogP contribution >= 0.6 is 0 Å². The first-order valence-electron chi connectivity index (χ1n) is 22.7. The van der Waals surface area contributed by atoms with E-state index in [4.69, 9.17) is 34.5 Å². The number of hydrogen-bond acceptors (Lipinski definition) is 14. The summed E-state index contributed by atoms with van der Waals surface area (Å²) in [6.07, 6.45) is 8.44. The minimum absolute atomic E-state index is 0.0636. The van der Waals surface area contributed by atoms with Gasteiger partial charge in [0.1, 0.15) is 35.4 Å². The van der Waals surface area contributed by atoms with Gasteiger partial charge in [-0.2, -0.15) is 5.10 Å². The summed E-state index contributed by atoms with van der Waals surface area (Å²) < 4.78 is 30.4. The van der Waals surface area contributed by atoms with Gasteiger partial charge in [0.25, 0.3) is 11.8 Å². The summed E-state index contributed by atoms with van der Waals surface area (Å²) in [5, 5.41) is 7.89. The number of amides is 5. The molecule has 5 amide bonds. The number of aryl methyl sites for hydroxylation is 1. The third kappa shape index (κ3) is 11.4. The lowest BCUT2D eigenvalue weighted by atomic mass is 9.99. The Hall–Kier alpha value is -6.86. The standard InChI is InChI=1S/C49H54N8O10/c50-45-43-44(34-16-18-37(19-17-34)67-36-12-2-1-3-13-36)54-57(46(43)52-32-51-45)35-11-7-22-55(31-35)41(59)15-4-5-23-63-25-27-65-29-30-66-28-26-64-24-8-10-33-9-6-14-38-42(33)49(62)56(48(38)61)39-20-21-40(58)53-47(39)60/h1-4,6,9,12-19,32,35,39H,5,7-8,10-11,20-31H2,(H2,50,51,52)(H,53,58,60)/b15-4+. The predicted molar refractivity (Wildman–Crippen MR) is 245 cm³/mol. The van der Waals surface area contributed by atoms with Crippen molar-refractivity contribution in [3.63, 3.8) is 0 Å². The Morgan fingerprint density at radius 1 is 0.791 bits per heavy atom. The zero-order valence-electron chi connectivity index (χ0n) is 37.2. The van der Waals surface area contributed by atoms with E-state index in [1.165, 1.54) is 6.33 Å². The highest BCUT2D eigenvalue weighted by atomic mass is 16.6. The van der Waals surface area contributed by atoms with Gasteiger partial charge in [-0.15, -0.1) is 0 Å². The normalized spacial score (nSPS) is 17.4. The summed E-state index contributed by atoms with van der Waals surface area (Å²) in [4.78, 5) is 75.2. The van der Waals surface area contributed by atoms with Crippen molar-refractivity contribution in [2.24, 2.45) is 0 Å². The number of ether oxygens (including phenoxy) is 5. The van der Waals surface area contributed by atoms with Crippen LogP contribution in [-0.4, -0.2) is 131 Å². The topological polar surface area (TPSA) is 220 Å². The molecular weight excluding hydrogens is 861 g/mol. The number of fused-ring (bicyclic) bond motifs is 2. The van der Waals surface area contributed by atoms with Crippen LogP contribution < -0.4 is 15.8 Å². The molecule has 67 heavy (non-hydrogen) atoms. The maximum atomic E-state index is 13.3. The van der Waals surface area contributed by atoms with E-state index in [1.54, 1.807) is 24.3 Å². The minimum atomic E-state index is -0.996. The van der Waals surface area contributed by atoms with Gasteiger partial charge in [-0.1, -0.05) is 36.4 Å². The van der Waals surface area contributed by atoms with Gasteiger partial charge in [0.15, 0.2) is 5.65 Å². The Labute approximate surface area is 387 Å². The quantitative estimate of drug-likeness (QED) is 0.0526. The van der Waals surface area contributed by atoms with Crippen LogP contribution in [0.2, 0.25) is 0 Å². The molecule has 8 rings (SSSR count). The van der Waals surface area contributed by atoms with Crippen molar-refractivity contribution < 1.29 is 47.7 Å². The summed E-state index contributed by atoms with van der Waals surface area (Å²) in [6, 6.07) is 21.3. The van der Waals surface area contributed by atoms with Gasteiger partial charge in [-0.05, 0) is 92.6 Å². The number of nitrogens with zero attached hydrogens (tertiary/aromatic N) is 6. The van der Waals surface area contributed by atoms with E-state index < -0.39 is 29.7 Å². The second kappa shape index (κ2) is 22.6. The molecule has 18 heteroatoms. The molecule has 2 atom stereocenters. The van der Waals surface area contributed by atoms with Crippen molar-refractivity contribution in [2.75, 3.05) is 71.7 Å². The number of nitrogens with two attached hydrogens (primary N) is 1. The lowest BCUT2D eigenvalue weighted by Crippen LogP contribution is -2.54. The van der Waals surface area contributed by atoms with Gasteiger partial charge in [0, 0.05) is 31.7 Å². The van der Waals surface area contributed by atoms with E-state index in [9.17, 15) is 24.0 Å². The molecule has 5 aromatic rings. The number of carbonyl (C=O) groups excluding carboxylic acids is 5. The summed E-state index contributed by atoms with van der Waals surface area (Å²) in [5.74, 6) is -0.342. The number of anilines is 1. The van der Waals surface area contributed by atoms with Crippen molar-refractivity contribution in [3.8, 4) is 22.8 Å². The maximum absolute atomic E-state index is 13.3. The van der Waals surface area contributed by atoms with E-state index >= 15 is 0 Å². The molecule has 0 spiro atoms. The van der Waals surface area contributed by atoms with Crippen LogP contribution in [0.3, 0.4) is 0 Å². The zero-order chi connectivity index (χ0) is 46.5. The summed E-state index contributed by atoms with van der Waals surface area (Å²) >= 11 is 0. The van der Waals surface area contributed by atoms with Crippen LogP contribution in [0.25, 0.3) is 22.3 Å². The van der Waals surface area contributed by atoms with Crippen LogP contribution in [0.5, 0.6) is 11.5 Å². The predicted octanol–water partition coefficient (Wildman–Crippen LogP) is 5.08. The molecule has 0 saturated carbocycles. The number of imide groups is 2. The number of hydrogen-bond donors (Lipinski definition) is 2. The van der Waals surface area contributed by atoms with Crippen LogP contribution in [0, 0.1) is 0 Å². The van der Waals surface area contributed by atoms with Gasteiger partial charge < -0.3 is 34.3 Å². The first-order valence-corrected chi connectivity index (χ1v) is 22.7. The fourth-order valence-corrected chi connectivity index (χ4v) is 8.47. The number of aromatic nitrogens is 4. The van der Waals surface area contributed by atoms with Crippen molar-refractivity contribution in [1.82, 2.24) is 34.9 Å². The highest BCUT2D eigenvalue weighted by Crippen LogP contribution is 2.35. The average molecular weight is 915 g/mol.